The number of benzene rings is 3. The Hall–Kier alpha value is -3.63. The van der Waals surface area contributed by atoms with Crippen LogP contribution in [0.15, 0.2) is 93.4 Å². The van der Waals surface area contributed by atoms with Crippen LogP contribution < -0.4 is 15.4 Å². The van der Waals surface area contributed by atoms with Gasteiger partial charge in [-0.2, -0.15) is 0 Å². The Kier molecular flexibility index (Phi) is 10.1. The van der Waals surface area contributed by atoms with Crippen LogP contribution in [0.2, 0.25) is 0 Å². The number of anilines is 1. The molecule has 0 radical (unpaired) electrons. The first-order valence-corrected chi connectivity index (χ1v) is 15.4. The molecule has 202 valence electrons. The third-order valence-corrected chi connectivity index (χ3v) is 7.48. The zero-order chi connectivity index (χ0) is 27.7. The summed E-state index contributed by atoms with van der Waals surface area (Å²) in [6.07, 6.45) is 1.88. The van der Waals surface area contributed by atoms with Gasteiger partial charge in [-0.3, -0.25) is 4.78 Å². The molecule has 0 aliphatic carbocycles. The van der Waals surface area contributed by atoms with Crippen molar-refractivity contribution in [2.75, 3.05) is 18.2 Å². The van der Waals surface area contributed by atoms with E-state index in [-0.39, 0.29) is 4.90 Å². The lowest BCUT2D eigenvalue weighted by Crippen LogP contribution is -2.17. The molecule has 1 unspecified atom stereocenters. The van der Waals surface area contributed by atoms with E-state index in [2.05, 4.69) is 10.6 Å². The minimum Gasteiger partial charge on any atom is -0.494 e. The number of rotatable bonds is 11. The molecule has 0 aliphatic heterocycles. The van der Waals surface area contributed by atoms with Gasteiger partial charge in [-0.1, -0.05) is 37.3 Å². The maximum Gasteiger partial charge on any atom is 0.175 e. The van der Waals surface area contributed by atoms with Crippen LogP contribution in [0, 0.1) is 4.78 Å². The first-order chi connectivity index (χ1) is 18.1. The van der Waals surface area contributed by atoms with E-state index in [4.69, 9.17) is 14.5 Å². The molecule has 3 aromatic carbocycles. The van der Waals surface area contributed by atoms with Crippen molar-refractivity contribution in [3.63, 3.8) is 0 Å². The Bertz CT molecular complexity index is 1500. The second-order valence-corrected chi connectivity index (χ2v) is 11.7. The summed E-state index contributed by atoms with van der Waals surface area (Å²) < 4.78 is 48.7. The average Bonchev–Trinajstić information content (AvgIpc) is 2.88. The zero-order valence-corrected chi connectivity index (χ0v) is 23.7. The van der Waals surface area contributed by atoms with Crippen molar-refractivity contribution in [1.29, 1.82) is 4.78 Å². The van der Waals surface area contributed by atoms with Crippen molar-refractivity contribution in [3.8, 4) is 5.75 Å². The first kappa shape index (κ1) is 28.9. The van der Waals surface area contributed by atoms with Crippen molar-refractivity contribution in [3.05, 3.63) is 89.7 Å². The Balaban J connectivity index is 1.99. The highest BCUT2D eigenvalue weighted by Gasteiger charge is 2.11. The lowest BCUT2D eigenvalue weighted by molar-refractivity contribution is 0.340. The van der Waals surface area contributed by atoms with E-state index < -0.39 is 20.4 Å². The van der Waals surface area contributed by atoms with E-state index in [1.165, 1.54) is 6.26 Å². The fourth-order valence-corrected chi connectivity index (χ4v) is 5.00. The van der Waals surface area contributed by atoms with E-state index in [1.807, 2.05) is 57.2 Å². The van der Waals surface area contributed by atoms with Gasteiger partial charge in [0.15, 0.2) is 9.84 Å². The second-order valence-electron chi connectivity index (χ2n) is 8.58. The van der Waals surface area contributed by atoms with Crippen LogP contribution in [-0.4, -0.2) is 31.3 Å². The molecule has 3 aromatic rings. The van der Waals surface area contributed by atoms with Crippen LogP contribution in [0.4, 0.5) is 5.69 Å². The number of aliphatic imine (C=N–C) groups is 1. The minimum absolute atomic E-state index is 0.263. The average molecular weight is 555 g/mol. The molecule has 10 heteroatoms. The molecule has 38 heavy (non-hydrogen) atoms. The minimum atomic E-state index is -3.32. The highest BCUT2D eigenvalue weighted by atomic mass is 32.2. The molecule has 0 heterocycles. The molecule has 3 N–H and O–H groups in total. The van der Waals surface area contributed by atoms with E-state index in [1.54, 1.807) is 36.4 Å². The fraction of sp³-hybridized carbons (Fsp3) is 0.250. The molecule has 0 fully saturated rings. The van der Waals surface area contributed by atoms with Gasteiger partial charge in [0.25, 0.3) is 0 Å². The monoisotopic (exact) mass is 554 g/mol. The molecular weight excluding hydrogens is 520 g/mol. The molecule has 8 nitrogen and oxygen atoms in total. The normalized spacial score (nSPS) is 13.4. The van der Waals surface area contributed by atoms with Crippen LogP contribution in [0.3, 0.4) is 0 Å². The van der Waals surface area contributed by atoms with Crippen molar-refractivity contribution in [2.45, 2.75) is 43.5 Å². The molecule has 1 atom stereocenters. The molecule has 0 aliphatic rings. The lowest BCUT2D eigenvalue weighted by Gasteiger charge is -2.16. The summed E-state index contributed by atoms with van der Waals surface area (Å²) in [4.78, 5) is 5.54. The summed E-state index contributed by atoms with van der Waals surface area (Å²) in [5.74, 6) is 2.01. The highest BCUT2D eigenvalue weighted by Crippen LogP contribution is 2.25. The van der Waals surface area contributed by atoms with Crippen LogP contribution in [0.1, 0.15) is 38.3 Å². The predicted molar refractivity (Wildman–Crippen MR) is 155 cm³/mol. The number of nitrogens with one attached hydrogen (secondary N) is 3. The maximum atomic E-state index is 12.0. The molecule has 0 saturated carbocycles. The number of allylic oxidation sites excluding steroid dienone is 1. The van der Waals surface area contributed by atoms with E-state index in [0.717, 1.165) is 22.4 Å². The number of thiol groups is 1. The topological polar surface area (TPSA) is 121 Å². The van der Waals surface area contributed by atoms with Crippen LogP contribution >= 0.6 is 0 Å². The van der Waals surface area contributed by atoms with Gasteiger partial charge < -0.3 is 15.4 Å². The zero-order valence-electron chi connectivity index (χ0n) is 22.0. The summed E-state index contributed by atoms with van der Waals surface area (Å²) in [5.41, 5.74) is 3.43. The van der Waals surface area contributed by atoms with Gasteiger partial charge in [-0.15, -0.1) is 0 Å². The fourth-order valence-electron chi connectivity index (χ4n) is 3.83. The van der Waals surface area contributed by atoms with Crippen molar-refractivity contribution in [1.82, 2.24) is 5.32 Å². The molecular formula is C28H34N4O4S2. The quantitative estimate of drug-likeness (QED) is 0.141. The van der Waals surface area contributed by atoms with Gasteiger partial charge in [-0.25, -0.2) is 17.6 Å². The van der Waals surface area contributed by atoms with E-state index in [9.17, 15) is 12.6 Å². The van der Waals surface area contributed by atoms with Crippen LogP contribution in [-0.2, 0) is 27.0 Å². The molecule has 0 amide bonds. The number of hydrogen-bond acceptors (Lipinski definition) is 7. The maximum absolute atomic E-state index is 12.0. The van der Waals surface area contributed by atoms with Crippen molar-refractivity contribution in [2.24, 2.45) is 4.99 Å². The van der Waals surface area contributed by atoms with E-state index in [0.29, 0.717) is 41.8 Å². The molecule has 0 aromatic heterocycles. The summed E-state index contributed by atoms with van der Waals surface area (Å²) in [6, 6.07) is 21.5. The second kappa shape index (κ2) is 13.3. The van der Waals surface area contributed by atoms with Gasteiger partial charge in [0, 0.05) is 29.0 Å². The van der Waals surface area contributed by atoms with Gasteiger partial charge in [0.2, 0.25) is 0 Å². The highest BCUT2D eigenvalue weighted by molar-refractivity contribution is 7.90. The van der Waals surface area contributed by atoms with Crippen molar-refractivity contribution < 1.29 is 17.4 Å². The summed E-state index contributed by atoms with van der Waals surface area (Å²) >= 11 is 0. The van der Waals surface area contributed by atoms with Gasteiger partial charge >= 0.3 is 0 Å². The Morgan fingerprint density at radius 1 is 1.03 bits per heavy atom. The molecule has 0 spiro atoms. The van der Waals surface area contributed by atoms with Crippen LogP contribution in [0.5, 0.6) is 5.75 Å². The van der Waals surface area contributed by atoms with E-state index >= 15 is 0 Å². The number of sulfone groups is 1. The van der Waals surface area contributed by atoms with Gasteiger partial charge in [0.05, 0.1) is 22.1 Å². The Morgan fingerprint density at radius 2 is 1.74 bits per heavy atom. The summed E-state index contributed by atoms with van der Waals surface area (Å²) in [7, 11) is -5.52. The van der Waals surface area contributed by atoms with Gasteiger partial charge in [-0.05, 0) is 73.9 Å². The van der Waals surface area contributed by atoms with Gasteiger partial charge in [0.1, 0.15) is 17.4 Å². The first-order valence-electron chi connectivity index (χ1n) is 12.2. The SMILES string of the molecule is CCOc1ccc(/C(CC)=C(/N=C(\C)Nc2cccc([SH](=N)=O)c2)NCc2cccc(S(C)(=O)=O)c2)cc1. The Labute approximate surface area is 226 Å². The number of nitrogens with zero attached hydrogens (tertiary/aromatic N) is 1. The Morgan fingerprint density at radius 3 is 2.37 bits per heavy atom. The lowest BCUT2D eigenvalue weighted by atomic mass is 10.0. The molecule has 0 bridgehead atoms. The van der Waals surface area contributed by atoms with Crippen LogP contribution in [0.25, 0.3) is 5.57 Å². The number of ether oxygens (including phenoxy) is 1. The molecule has 3 rings (SSSR count). The number of amidine groups is 1. The van der Waals surface area contributed by atoms with Crippen molar-refractivity contribution >= 4 is 37.5 Å². The molecule has 0 saturated heterocycles. The summed E-state index contributed by atoms with van der Waals surface area (Å²) in [5, 5.41) is 6.62. The third-order valence-electron chi connectivity index (χ3n) is 5.63. The third kappa shape index (κ3) is 8.19. The standard InChI is InChI=1S/C28H34N4O4S2/c1-5-27(22-13-15-24(16-14-22)36-6-2)28(30-19-21-9-7-12-26(17-21)38(4,34)35)32-20(3)31-23-10-8-11-25(18-23)37(29)33/h7-18,29-30,37H,5-6,19H2,1-4H3,(H,31,32)/b28-27+. The smallest absolute Gasteiger partial charge is 0.175 e. The number of hydrogen-bond donors (Lipinski definition) is 4. The largest absolute Gasteiger partial charge is 0.494 e. The summed E-state index contributed by atoms with van der Waals surface area (Å²) in [6.45, 7) is 6.76. The predicted octanol–water partition coefficient (Wildman–Crippen LogP) is 5.49.